The molecule has 0 aliphatic heterocycles. The molecule has 0 amide bonds. The van der Waals surface area contributed by atoms with Gasteiger partial charge in [-0.2, -0.15) is 0 Å². The maximum Gasteiger partial charge on any atom is 0.145 e. The minimum Gasteiger partial charge on any atom is -0.292 e. The highest BCUT2D eigenvalue weighted by molar-refractivity contribution is 6.32. The Balaban J connectivity index is 1.37. The molecular formula is C35H20N4. The summed E-state index contributed by atoms with van der Waals surface area (Å²) in [5.41, 5.74) is 7.75. The lowest BCUT2D eigenvalue weighted by Gasteiger charge is -2.14. The van der Waals surface area contributed by atoms with Crippen LogP contribution in [-0.4, -0.2) is 19.5 Å². The highest BCUT2D eigenvalue weighted by Gasteiger charge is 2.18. The van der Waals surface area contributed by atoms with Crippen molar-refractivity contribution in [2.45, 2.75) is 0 Å². The summed E-state index contributed by atoms with van der Waals surface area (Å²) in [6.45, 7) is 0. The van der Waals surface area contributed by atoms with Crippen molar-refractivity contribution in [3.8, 4) is 17.1 Å². The van der Waals surface area contributed by atoms with Gasteiger partial charge in [0, 0.05) is 22.0 Å². The molecule has 7 aromatic carbocycles. The van der Waals surface area contributed by atoms with Crippen LogP contribution >= 0.6 is 0 Å². The Labute approximate surface area is 223 Å². The van der Waals surface area contributed by atoms with Crippen molar-refractivity contribution < 1.29 is 0 Å². The van der Waals surface area contributed by atoms with Crippen LogP contribution in [0.4, 0.5) is 0 Å². The predicted molar refractivity (Wildman–Crippen MR) is 161 cm³/mol. The van der Waals surface area contributed by atoms with Crippen LogP contribution in [-0.2, 0) is 0 Å². The Bertz CT molecular complexity index is 2390. The third-order valence-corrected chi connectivity index (χ3v) is 7.89. The number of fused-ring (bicyclic) bond motifs is 5. The van der Waals surface area contributed by atoms with E-state index in [1.165, 1.54) is 21.5 Å². The first-order valence-electron chi connectivity index (χ1n) is 13.1. The maximum atomic E-state index is 5.27. The molecule has 0 saturated carbocycles. The van der Waals surface area contributed by atoms with Crippen molar-refractivity contribution in [2.24, 2.45) is 0 Å². The van der Waals surface area contributed by atoms with Gasteiger partial charge in [0.15, 0.2) is 0 Å². The van der Waals surface area contributed by atoms with E-state index in [1.54, 1.807) is 0 Å². The maximum absolute atomic E-state index is 5.27. The normalized spacial score (nSPS) is 12.1. The molecule has 180 valence electrons. The third-order valence-electron chi connectivity index (χ3n) is 7.89. The molecular weight excluding hydrogens is 476 g/mol. The van der Waals surface area contributed by atoms with Gasteiger partial charge in [-0.25, -0.2) is 15.0 Å². The van der Waals surface area contributed by atoms with E-state index < -0.39 is 0 Å². The second-order valence-electron chi connectivity index (χ2n) is 10.1. The quantitative estimate of drug-likeness (QED) is 0.178. The zero-order valence-electron chi connectivity index (χ0n) is 20.8. The van der Waals surface area contributed by atoms with E-state index in [-0.39, 0.29) is 0 Å². The molecule has 0 atom stereocenters. The van der Waals surface area contributed by atoms with Crippen LogP contribution < -0.4 is 0 Å². The highest BCUT2D eigenvalue weighted by atomic mass is 15.1. The van der Waals surface area contributed by atoms with Crippen LogP contribution in [0.15, 0.2) is 121 Å². The number of imidazole rings is 1. The summed E-state index contributed by atoms with van der Waals surface area (Å²) in [7, 11) is 0. The number of hydrogen-bond donors (Lipinski definition) is 0. The van der Waals surface area contributed by atoms with Gasteiger partial charge in [-0.1, -0.05) is 78.9 Å². The van der Waals surface area contributed by atoms with Gasteiger partial charge in [-0.05, 0) is 64.0 Å². The predicted octanol–water partition coefficient (Wildman–Crippen LogP) is 8.69. The van der Waals surface area contributed by atoms with Crippen LogP contribution in [0.1, 0.15) is 0 Å². The van der Waals surface area contributed by atoms with Crippen LogP contribution in [0.25, 0.3) is 82.5 Å². The number of aromatic nitrogens is 4. The third kappa shape index (κ3) is 2.85. The highest BCUT2D eigenvalue weighted by Crippen LogP contribution is 2.40. The lowest BCUT2D eigenvalue weighted by molar-refractivity contribution is 1.10. The number of para-hydroxylation sites is 3. The van der Waals surface area contributed by atoms with Gasteiger partial charge >= 0.3 is 0 Å². The van der Waals surface area contributed by atoms with E-state index in [2.05, 4.69) is 114 Å². The summed E-state index contributed by atoms with van der Waals surface area (Å²) in [6.07, 6.45) is 0. The fraction of sp³-hybridized carbons (Fsp3) is 0. The molecule has 39 heavy (non-hydrogen) atoms. The SMILES string of the molecule is c1ccc(-n2c(-c3ccc4nc5c6cccc7ccc8cccc(c5nc4c3)c8c76)nc3ccccc32)cc1. The van der Waals surface area contributed by atoms with E-state index in [4.69, 9.17) is 15.0 Å². The molecule has 2 aromatic heterocycles. The Morgan fingerprint density at radius 2 is 1.13 bits per heavy atom. The van der Waals surface area contributed by atoms with E-state index in [0.717, 1.165) is 60.9 Å². The van der Waals surface area contributed by atoms with Crippen molar-refractivity contribution in [1.82, 2.24) is 19.5 Å². The molecule has 0 bridgehead atoms. The zero-order valence-corrected chi connectivity index (χ0v) is 20.8. The lowest BCUT2D eigenvalue weighted by Crippen LogP contribution is -1.98. The molecule has 0 saturated heterocycles. The molecule has 0 aliphatic rings. The molecule has 4 heteroatoms. The van der Waals surface area contributed by atoms with E-state index in [9.17, 15) is 0 Å². The zero-order chi connectivity index (χ0) is 25.5. The second-order valence-corrected chi connectivity index (χ2v) is 10.1. The van der Waals surface area contributed by atoms with Gasteiger partial charge in [0.1, 0.15) is 5.82 Å². The Kier molecular flexibility index (Phi) is 4.02. The molecule has 9 aromatic rings. The van der Waals surface area contributed by atoms with Gasteiger partial charge in [0.05, 0.1) is 33.1 Å². The smallest absolute Gasteiger partial charge is 0.145 e. The van der Waals surface area contributed by atoms with Crippen molar-refractivity contribution in [1.29, 1.82) is 0 Å². The van der Waals surface area contributed by atoms with Crippen LogP contribution in [0.5, 0.6) is 0 Å². The lowest BCUT2D eigenvalue weighted by atomic mass is 9.93. The van der Waals surface area contributed by atoms with Crippen LogP contribution in [0, 0.1) is 0 Å². The minimum atomic E-state index is 0.862. The van der Waals surface area contributed by atoms with E-state index in [1.807, 2.05) is 12.1 Å². The number of rotatable bonds is 2. The summed E-state index contributed by atoms with van der Waals surface area (Å²) in [4.78, 5) is 15.5. The average molecular weight is 497 g/mol. The Morgan fingerprint density at radius 3 is 1.87 bits per heavy atom. The summed E-state index contributed by atoms with van der Waals surface area (Å²) >= 11 is 0. The van der Waals surface area contributed by atoms with E-state index in [0.29, 0.717) is 0 Å². The summed E-state index contributed by atoms with van der Waals surface area (Å²) in [6, 6.07) is 42.3. The standard InChI is InChI=1S/C35H20N4/c1-2-10-24(11-3-1)39-30-15-5-4-14-28(30)38-35(39)23-18-19-27-29(20-23)37-34-26-13-7-9-22-17-16-21-8-6-12-25(33(34)36-27)31(21)32(22)26/h1-20H. The van der Waals surface area contributed by atoms with Gasteiger partial charge in [-0.15, -0.1) is 0 Å². The van der Waals surface area contributed by atoms with Gasteiger partial charge in [0.25, 0.3) is 0 Å². The van der Waals surface area contributed by atoms with Crippen molar-refractivity contribution in [3.63, 3.8) is 0 Å². The Morgan fingerprint density at radius 1 is 0.462 bits per heavy atom. The molecule has 0 radical (unpaired) electrons. The molecule has 0 N–H and O–H groups in total. The average Bonchev–Trinajstić information content (AvgIpc) is 3.39. The topological polar surface area (TPSA) is 43.6 Å². The summed E-state index contributed by atoms with van der Waals surface area (Å²) in [5.74, 6) is 0.890. The molecule has 9 rings (SSSR count). The monoisotopic (exact) mass is 496 g/mol. The van der Waals surface area contributed by atoms with Crippen LogP contribution in [0.3, 0.4) is 0 Å². The van der Waals surface area contributed by atoms with Crippen molar-refractivity contribution in [2.75, 3.05) is 0 Å². The first kappa shape index (κ1) is 20.7. The van der Waals surface area contributed by atoms with E-state index >= 15 is 0 Å². The molecule has 0 spiro atoms. The largest absolute Gasteiger partial charge is 0.292 e. The molecule has 4 nitrogen and oxygen atoms in total. The molecule has 2 heterocycles. The fourth-order valence-corrected chi connectivity index (χ4v) is 6.18. The number of nitrogens with zero attached hydrogens (tertiary/aromatic N) is 4. The van der Waals surface area contributed by atoms with Crippen molar-refractivity contribution >= 4 is 65.4 Å². The number of benzene rings is 7. The number of hydrogen-bond acceptors (Lipinski definition) is 3. The summed E-state index contributed by atoms with van der Waals surface area (Å²) in [5, 5.41) is 7.27. The molecule has 0 aliphatic carbocycles. The summed E-state index contributed by atoms with van der Waals surface area (Å²) < 4.78 is 2.22. The van der Waals surface area contributed by atoms with Crippen LogP contribution in [0.2, 0.25) is 0 Å². The second kappa shape index (κ2) is 7.59. The molecule has 0 unspecified atom stereocenters. The van der Waals surface area contributed by atoms with Crippen molar-refractivity contribution in [3.05, 3.63) is 121 Å². The first-order chi connectivity index (χ1) is 19.3. The fourth-order valence-electron chi connectivity index (χ4n) is 6.18. The van der Waals surface area contributed by atoms with Gasteiger partial charge in [-0.3, -0.25) is 4.57 Å². The minimum absolute atomic E-state index is 0.862. The van der Waals surface area contributed by atoms with Gasteiger partial charge in [0.2, 0.25) is 0 Å². The Hall–Kier alpha value is -5.35. The van der Waals surface area contributed by atoms with Gasteiger partial charge < -0.3 is 0 Å². The molecule has 0 fully saturated rings. The first-order valence-corrected chi connectivity index (χ1v) is 13.1.